The normalized spacial score (nSPS) is 11.1. The van der Waals surface area contributed by atoms with Crippen molar-refractivity contribution in [2.24, 2.45) is 4.99 Å². The first kappa shape index (κ1) is 13.9. The van der Waals surface area contributed by atoms with Crippen LogP contribution in [-0.4, -0.2) is 18.4 Å². The fourth-order valence-corrected chi connectivity index (χ4v) is 2.07. The summed E-state index contributed by atoms with van der Waals surface area (Å²) in [5, 5.41) is 10.7. The van der Waals surface area contributed by atoms with E-state index in [0.717, 1.165) is 0 Å². The Morgan fingerprint density at radius 3 is 2.59 bits per heavy atom. The van der Waals surface area contributed by atoms with Crippen molar-refractivity contribution in [2.75, 3.05) is 7.11 Å². The van der Waals surface area contributed by atoms with Gasteiger partial charge >= 0.3 is 5.63 Å². The summed E-state index contributed by atoms with van der Waals surface area (Å²) in [7, 11) is 1.58. The molecule has 0 aliphatic rings. The van der Waals surface area contributed by atoms with E-state index in [2.05, 4.69) is 4.99 Å². The molecule has 0 aliphatic heterocycles. The summed E-state index contributed by atoms with van der Waals surface area (Å²) < 4.78 is 10.2. The van der Waals surface area contributed by atoms with Crippen molar-refractivity contribution >= 4 is 22.9 Å². The van der Waals surface area contributed by atoms with E-state index in [-0.39, 0.29) is 11.3 Å². The van der Waals surface area contributed by atoms with Gasteiger partial charge in [0.2, 0.25) is 0 Å². The highest BCUT2D eigenvalue weighted by Crippen LogP contribution is 2.25. The molecule has 1 heterocycles. The fraction of sp³-hybridized carbons (Fsp3) is 0.0588. The number of nitrogens with zero attached hydrogens (tertiary/aromatic N) is 1. The second-order valence-electron chi connectivity index (χ2n) is 4.60. The molecule has 0 aliphatic carbocycles. The predicted molar refractivity (Wildman–Crippen MR) is 84.4 cm³/mol. The van der Waals surface area contributed by atoms with Crippen LogP contribution in [0.15, 0.2) is 62.7 Å². The maximum Gasteiger partial charge on any atom is 0.348 e. The molecule has 0 spiro atoms. The summed E-state index contributed by atoms with van der Waals surface area (Å²) >= 11 is 0. The average molecular weight is 295 g/mol. The Hall–Kier alpha value is -3.08. The molecule has 3 rings (SSSR count). The van der Waals surface area contributed by atoms with Gasteiger partial charge in [0.25, 0.3) is 0 Å². The van der Waals surface area contributed by atoms with Gasteiger partial charge in [0, 0.05) is 6.21 Å². The van der Waals surface area contributed by atoms with Gasteiger partial charge in [-0.1, -0.05) is 12.1 Å². The third-order valence-corrected chi connectivity index (χ3v) is 3.24. The molecule has 5 nitrogen and oxygen atoms in total. The van der Waals surface area contributed by atoms with Crippen molar-refractivity contribution in [3.8, 4) is 11.5 Å². The molecule has 0 fully saturated rings. The maximum atomic E-state index is 11.9. The molecule has 0 unspecified atom stereocenters. The number of fused-ring (bicyclic) bond motifs is 1. The Morgan fingerprint density at radius 2 is 1.86 bits per heavy atom. The van der Waals surface area contributed by atoms with Gasteiger partial charge in [-0.2, -0.15) is 0 Å². The molecule has 110 valence electrons. The van der Waals surface area contributed by atoms with Crippen LogP contribution >= 0.6 is 0 Å². The summed E-state index contributed by atoms with van der Waals surface area (Å²) in [6.45, 7) is 0. The minimum atomic E-state index is -0.631. The largest absolute Gasteiger partial charge is 0.506 e. The van der Waals surface area contributed by atoms with Crippen molar-refractivity contribution in [1.29, 1.82) is 0 Å². The number of aromatic hydroxyl groups is 1. The molecule has 5 heteroatoms. The third-order valence-electron chi connectivity index (χ3n) is 3.24. The zero-order chi connectivity index (χ0) is 15.5. The summed E-state index contributed by atoms with van der Waals surface area (Å²) in [6.07, 6.45) is 1.30. The Morgan fingerprint density at radius 1 is 1.14 bits per heavy atom. The van der Waals surface area contributed by atoms with Crippen molar-refractivity contribution in [2.45, 2.75) is 0 Å². The van der Waals surface area contributed by atoms with Gasteiger partial charge in [0.15, 0.2) is 0 Å². The van der Waals surface area contributed by atoms with E-state index in [1.807, 2.05) is 0 Å². The quantitative estimate of drug-likeness (QED) is 0.594. The average Bonchev–Trinajstić information content (AvgIpc) is 2.55. The van der Waals surface area contributed by atoms with Crippen molar-refractivity contribution in [3.63, 3.8) is 0 Å². The van der Waals surface area contributed by atoms with Crippen LogP contribution in [0.5, 0.6) is 11.5 Å². The monoisotopic (exact) mass is 295 g/mol. The molecule has 0 bridgehead atoms. The van der Waals surface area contributed by atoms with E-state index in [0.29, 0.717) is 22.4 Å². The first-order valence-electron chi connectivity index (χ1n) is 6.62. The number of hydrogen-bond acceptors (Lipinski definition) is 5. The van der Waals surface area contributed by atoms with E-state index < -0.39 is 5.63 Å². The Bertz CT molecular complexity index is 895. The van der Waals surface area contributed by atoms with Gasteiger partial charge in [-0.25, -0.2) is 4.79 Å². The standard InChI is InChI=1S/C17H13NO4/c1-21-12-8-6-11(7-9-12)18-10-14-16(19)13-4-2-3-5-15(13)22-17(14)20/h2-10,19H,1H3. The molecule has 1 N–H and O–H groups in total. The highest BCUT2D eigenvalue weighted by Gasteiger charge is 2.11. The second kappa shape index (κ2) is 5.73. The van der Waals surface area contributed by atoms with E-state index in [1.165, 1.54) is 6.21 Å². The van der Waals surface area contributed by atoms with E-state index in [4.69, 9.17) is 9.15 Å². The van der Waals surface area contributed by atoms with Crippen LogP contribution in [0.1, 0.15) is 5.56 Å². The third kappa shape index (κ3) is 2.56. The maximum absolute atomic E-state index is 11.9. The van der Waals surface area contributed by atoms with Gasteiger partial charge in [-0.3, -0.25) is 4.99 Å². The summed E-state index contributed by atoms with van der Waals surface area (Å²) in [5.41, 5.74) is 0.363. The highest BCUT2D eigenvalue weighted by molar-refractivity contribution is 5.94. The van der Waals surface area contributed by atoms with Crippen molar-refractivity contribution in [3.05, 3.63) is 64.5 Å². The molecule has 22 heavy (non-hydrogen) atoms. The topological polar surface area (TPSA) is 72.0 Å². The number of aliphatic imine (C=N–C) groups is 1. The van der Waals surface area contributed by atoms with Crippen molar-refractivity contribution < 1.29 is 14.3 Å². The van der Waals surface area contributed by atoms with E-state index in [1.54, 1.807) is 55.6 Å². The zero-order valence-electron chi connectivity index (χ0n) is 11.8. The molecule has 1 aromatic heterocycles. The van der Waals surface area contributed by atoms with Gasteiger partial charge in [0.05, 0.1) is 18.2 Å². The Kier molecular flexibility index (Phi) is 3.62. The molecule has 0 radical (unpaired) electrons. The Labute approximate surface area is 126 Å². The summed E-state index contributed by atoms with van der Waals surface area (Å²) in [4.78, 5) is 16.1. The second-order valence-corrected chi connectivity index (χ2v) is 4.60. The van der Waals surface area contributed by atoms with Crippen LogP contribution in [0.3, 0.4) is 0 Å². The highest BCUT2D eigenvalue weighted by atomic mass is 16.5. The van der Waals surface area contributed by atoms with Gasteiger partial charge in [-0.15, -0.1) is 0 Å². The number of benzene rings is 2. The number of rotatable bonds is 3. The fourth-order valence-electron chi connectivity index (χ4n) is 2.07. The van der Waals surface area contributed by atoms with Crippen LogP contribution in [0.2, 0.25) is 0 Å². The lowest BCUT2D eigenvalue weighted by atomic mass is 10.1. The smallest absolute Gasteiger partial charge is 0.348 e. The molecule has 0 saturated carbocycles. The predicted octanol–water partition coefficient (Wildman–Crippen LogP) is 3.26. The van der Waals surface area contributed by atoms with Gasteiger partial charge < -0.3 is 14.3 Å². The van der Waals surface area contributed by atoms with Crippen LogP contribution in [-0.2, 0) is 0 Å². The van der Waals surface area contributed by atoms with Crippen LogP contribution in [0.25, 0.3) is 11.0 Å². The lowest BCUT2D eigenvalue weighted by Gasteiger charge is -2.02. The molecule has 0 saturated heterocycles. The zero-order valence-corrected chi connectivity index (χ0v) is 11.8. The number of methoxy groups -OCH3 is 1. The minimum Gasteiger partial charge on any atom is -0.506 e. The Balaban J connectivity index is 2.02. The number of hydrogen-bond donors (Lipinski definition) is 1. The van der Waals surface area contributed by atoms with Crippen molar-refractivity contribution in [1.82, 2.24) is 0 Å². The summed E-state index contributed by atoms with van der Waals surface area (Å²) in [5.74, 6) is 0.580. The SMILES string of the molecule is COc1ccc(N=Cc2c(O)c3ccccc3oc2=O)cc1. The van der Waals surface area contributed by atoms with Gasteiger partial charge in [-0.05, 0) is 36.4 Å². The molecule has 0 atom stereocenters. The lowest BCUT2D eigenvalue weighted by Crippen LogP contribution is -2.06. The lowest BCUT2D eigenvalue weighted by molar-refractivity contribution is 0.415. The van der Waals surface area contributed by atoms with Crippen LogP contribution in [0.4, 0.5) is 5.69 Å². The molecular formula is C17H13NO4. The molecule has 3 aromatic rings. The first-order valence-corrected chi connectivity index (χ1v) is 6.62. The van der Waals surface area contributed by atoms with Crippen LogP contribution in [0, 0.1) is 0 Å². The summed E-state index contributed by atoms with van der Waals surface area (Å²) in [6, 6.07) is 13.8. The van der Waals surface area contributed by atoms with Gasteiger partial charge in [0.1, 0.15) is 22.6 Å². The van der Waals surface area contributed by atoms with E-state index >= 15 is 0 Å². The van der Waals surface area contributed by atoms with Crippen LogP contribution < -0.4 is 10.4 Å². The number of para-hydroxylation sites is 1. The molecule has 2 aromatic carbocycles. The molecule has 0 amide bonds. The number of ether oxygens (including phenoxy) is 1. The molecular weight excluding hydrogens is 282 g/mol. The van der Waals surface area contributed by atoms with E-state index in [9.17, 15) is 9.90 Å². The first-order chi connectivity index (χ1) is 10.7. The minimum absolute atomic E-state index is 0.0227.